The van der Waals surface area contributed by atoms with E-state index in [-0.39, 0.29) is 55.3 Å². The lowest BCUT2D eigenvalue weighted by Gasteiger charge is -2.47. The number of Topliss-reactive ketones (excluding diaryl/α,β-unsaturated/α-hetero) is 2. The third kappa shape index (κ3) is 14.8. The van der Waals surface area contributed by atoms with Gasteiger partial charge < -0.3 is 43.9 Å². The van der Waals surface area contributed by atoms with Crippen LogP contribution in [-0.4, -0.2) is 126 Å². The van der Waals surface area contributed by atoms with E-state index in [4.69, 9.17) is 23.7 Å². The van der Waals surface area contributed by atoms with Crippen molar-refractivity contribution in [3.63, 3.8) is 0 Å². The van der Waals surface area contributed by atoms with E-state index in [0.29, 0.717) is 44.1 Å². The summed E-state index contributed by atoms with van der Waals surface area (Å²) >= 11 is 0. The lowest BCUT2D eigenvalue weighted by Crippen LogP contribution is -2.64. The summed E-state index contributed by atoms with van der Waals surface area (Å²) in [6.07, 6.45) is 2.45. The number of rotatable bonds is 24. The number of nitrogens with zero attached hydrogens (tertiary/aromatic N) is 1. The molecule has 2 aliphatic rings. The van der Waals surface area contributed by atoms with Crippen molar-refractivity contribution in [3.05, 3.63) is 23.3 Å². The zero-order chi connectivity index (χ0) is 45.6. The Balaban J connectivity index is 2.52. The second-order valence-corrected chi connectivity index (χ2v) is 18.7. The Morgan fingerprint density at radius 1 is 0.900 bits per heavy atom. The minimum atomic E-state index is -2.50. The monoisotopic (exact) mass is 852 g/mol. The minimum Gasteiger partial charge on any atom is -0.456 e. The molecule has 2 rings (SSSR count). The number of allylic oxidation sites excluding steroid dienone is 3. The first-order valence-corrected chi connectivity index (χ1v) is 22.3. The Hall–Kier alpha value is -2.52. The summed E-state index contributed by atoms with van der Waals surface area (Å²) in [6, 6.07) is -1.16. The van der Waals surface area contributed by atoms with Crippen LogP contribution < -0.4 is 0 Å². The fourth-order valence-corrected chi connectivity index (χ4v) is 8.77. The van der Waals surface area contributed by atoms with Crippen LogP contribution in [0.2, 0.25) is 0 Å². The number of hydrogen-bond donors (Lipinski definition) is 3. The highest BCUT2D eigenvalue weighted by molar-refractivity contribution is 6.39. The summed E-state index contributed by atoms with van der Waals surface area (Å²) in [5, 5.41) is 33.9. The van der Waals surface area contributed by atoms with E-state index in [1.165, 1.54) is 19.1 Å². The summed E-state index contributed by atoms with van der Waals surface area (Å²) in [6.45, 7) is 20.9. The molecule has 3 N–H and O–H groups in total. The van der Waals surface area contributed by atoms with Crippen LogP contribution >= 0.6 is 0 Å². The van der Waals surface area contributed by atoms with Crippen LogP contribution in [0.5, 0.6) is 0 Å². The molecule has 1 amide bonds. The SMILES string of the molecule is CC[C@@H](/C=C(\C)[C@@H](OC(=O)[C@@H]1CCCCN1C(=O)C(=O)[C@]1(O)O[C@H]([C@H](CC(C)C)OC)[C@@H](OC)C[C@H]1C)[C@H](C)[C@@H](O)CC(=O)[C@@H](C=C(C)C)CC(C)C)C[C@@H](OC)[C@@H](C)O. The van der Waals surface area contributed by atoms with Gasteiger partial charge in [0.25, 0.3) is 11.7 Å². The quantitative estimate of drug-likeness (QED) is 0.0556. The number of piperidine rings is 1. The second-order valence-electron chi connectivity index (χ2n) is 18.7. The summed E-state index contributed by atoms with van der Waals surface area (Å²) in [7, 11) is 4.60. The average molecular weight is 852 g/mol. The molecule has 13 nitrogen and oxygen atoms in total. The fourth-order valence-electron chi connectivity index (χ4n) is 8.77. The van der Waals surface area contributed by atoms with Crippen molar-refractivity contribution in [2.24, 2.45) is 35.5 Å². The van der Waals surface area contributed by atoms with Gasteiger partial charge in [-0.25, -0.2) is 4.79 Å². The van der Waals surface area contributed by atoms with E-state index in [2.05, 4.69) is 0 Å². The highest BCUT2D eigenvalue weighted by Gasteiger charge is 2.56. The number of aliphatic hydroxyl groups is 3. The summed E-state index contributed by atoms with van der Waals surface area (Å²) in [5.74, 6) is -7.16. The topological polar surface area (TPSA) is 178 Å². The van der Waals surface area contributed by atoms with Crippen molar-refractivity contribution in [1.82, 2.24) is 4.90 Å². The molecule has 0 aromatic heterocycles. The average Bonchev–Trinajstić information content (AvgIpc) is 3.19. The molecule has 346 valence electrons. The molecule has 2 fully saturated rings. The van der Waals surface area contributed by atoms with Crippen LogP contribution in [0.4, 0.5) is 0 Å². The van der Waals surface area contributed by atoms with Gasteiger partial charge >= 0.3 is 5.97 Å². The summed E-state index contributed by atoms with van der Waals surface area (Å²) in [4.78, 5) is 57.7. The van der Waals surface area contributed by atoms with Gasteiger partial charge in [0.1, 0.15) is 24.0 Å². The van der Waals surface area contributed by atoms with Crippen LogP contribution in [0.15, 0.2) is 23.3 Å². The standard InChI is InChI=1S/C47H81NO12/c1-15-34(25-39(56-12)33(11)49)23-30(8)42(32(10)37(50)26-38(51)35(20-27(2)3)21-28(4)5)59-46(54)36-18-16-17-19-48(36)45(53)44(52)47(55)31(9)24-41(58-14)43(60-47)40(57-13)22-29(6)7/h20,23,28-29,31-37,39-43,49-50,55H,15-19,21-22,24-26H2,1-14H3/b30-23+/t31-,32-,33-,34+,35+,36+,37+,39-,40+,41+,42-,43-,47-/m1/s1. The van der Waals surface area contributed by atoms with E-state index >= 15 is 0 Å². The number of carbonyl (C=O) groups is 4. The molecule has 0 aliphatic carbocycles. The Morgan fingerprint density at radius 2 is 1.53 bits per heavy atom. The number of ketones is 2. The fraction of sp³-hybridized carbons (Fsp3) is 0.830. The Kier molecular flexibility index (Phi) is 22.3. The van der Waals surface area contributed by atoms with Crippen molar-refractivity contribution >= 4 is 23.4 Å². The summed E-state index contributed by atoms with van der Waals surface area (Å²) < 4.78 is 29.5. The van der Waals surface area contributed by atoms with Gasteiger partial charge in [0.2, 0.25) is 5.79 Å². The zero-order valence-electron chi connectivity index (χ0n) is 39.3. The number of carbonyl (C=O) groups excluding carboxylic acids is 4. The van der Waals surface area contributed by atoms with Crippen LogP contribution in [0, 0.1) is 35.5 Å². The van der Waals surface area contributed by atoms with Gasteiger partial charge in [-0.15, -0.1) is 0 Å². The van der Waals surface area contributed by atoms with Crippen molar-refractivity contribution in [1.29, 1.82) is 0 Å². The predicted octanol–water partition coefficient (Wildman–Crippen LogP) is 6.38. The molecule has 0 aromatic carbocycles. The van der Waals surface area contributed by atoms with E-state index < -0.39 is 84.1 Å². The predicted molar refractivity (Wildman–Crippen MR) is 231 cm³/mol. The van der Waals surface area contributed by atoms with Crippen molar-refractivity contribution in [3.8, 4) is 0 Å². The number of esters is 1. The highest BCUT2D eigenvalue weighted by Crippen LogP contribution is 2.38. The molecule has 13 heteroatoms. The molecule has 0 saturated carbocycles. The maximum Gasteiger partial charge on any atom is 0.329 e. The van der Waals surface area contributed by atoms with E-state index in [1.807, 2.05) is 67.5 Å². The number of likely N-dealkylation sites (tertiary alicyclic amines) is 1. The van der Waals surface area contributed by atoms with Crippen LogP contribution in [-0.2, 0) is 42.9 Å². The van der Waals surface area contributed by atoms with Gasteiger partial charge in [0.05, 0.1) is 30.5 Å². The Morgan fingerprint density at radius 3 is 2.05 bits per heavy atom. The molecule has 2 aliphatic heterocycles. The lowest BCUT2D eigenvalue weighted by molar-refractivity contribution is -0.302. The van der Waals surface area contributed by atoms with Crippen LogP contribution in [0.1, 0.15) is 134 Å². The third-order valence-electron chi connectivity index (χ3n) is 12.4. The lowest BCUT2D eigenvalue weighted by atomic mass is 9.82. The van der Waals surface area contributed by atoms with E-state index in [0.717, 1.165) is 5.57 Å². The molecule has 0 aromatic rings. The molecule has 2 heterocycles. The number of hydrogen-bond acceptors (Lipinski definition) is 12. The van der Waals surface area contributed by atoms with Gasteiger partial charge in [0, 0.05) is 52.0 Å². The van der Waals surface area contributed by atoms with Crippen molar-refractivity contribution in [2.75, 3.05) is 27.9 Å². The maximum absolute atomic E-state index is 14.4. The smallest absolute Gasteiger partial charge is 0.329 e. The largest absolute Gasteiger partial charge is 0.456 e. The molecule has 2 saturated heterocycles. The first-order valence-electron chi connectivity index (χ1n) is 22.3. The molecule has 60 heavy (non-hydrogen) atoms. The van der Waals surface area contributed by atoms with Crippen LogP contribution in [0.3, 0.4) is 0 Å². The van der Waals surface area contributed by atoms with Crippen molar-refractivity contribution < 1.29 is 58.2 Å². The molecule has 0 bridgehead atoms. The van der Waals surface area contributed by atoms with Gasteiger partial charge in [-0.05, 0) is 102 Å². The van der Waals surface area contributed by atoms with Crippen molar-refractivity contribution in [2.45, 2.75) is 189 Å². The zero-order valence-corrected chi connectivity index (χ0v) is 39.3. The first kappa shape index (κ1) is 53.6. The van der Waals surface area contributed by atoms with Crippen LogP contribution in [0.25, 0.3) is 0 Å². The van der Waals surface area contributed by atoms with Gasteiger partial charge in [-0.2, -0.15) is 0 Å². The molecule has 0 spiro atoms. The van der Waals surface area contributed by atoms with Gasteiger partial charge in [-0.3, -0.25) is 14.4 Å². The molecular formula is C47H81NO12. The first-order chi connectivity index (χ1) is 28.1. The molecule has 13 atom stereocenters. The van der Waals surface area contributed by atoms with Gasteiger partial charge in [-0.1, -0.05) is 66.2 Å². The van der Waals surface area contributed by atoms with E-state index in [1.54, 1.807) is 27.9 Å². The third-order valence-corrected chi connectivity index (χ3v) is 12.4. The number of methoxy groups -OCH3 is 3. The molecule has 0 unspecified atom stereocenters. The van der Waals surface area contributed by atoms with Gasteiger partial charge in [0.15, 0.2) is 0 Å². The molecule has 0 radical (unpaired) electrons. The van der Waals surface area contributed by atoms with E-state index in [9.17, 15) is 34.5 Å². The Bertz CT molecular complexity index is 1440. The number of amides is 1. The Labute approximate surface area is 360 Å². The number of aliphatic hydroxyl groups excluding tert-OH is 2. The minimum absolute atomic E-state index is 0.0798. The number of ether oxygens (including phenoxy) is 5. The normalized spacial score (nSPS) is 26.7. The molecular weight excluding hydrogens is 771 g/mol. The highest BCUT2D eigenvalue weighted by atomic mass is 16.7. The second kappa shape index (κ2) is 24.9. The maximum atomic E-state index is 14.4. The summed E-state index contributed by atoms with van der Waals surface area (Å²) in [5.41, 5.74) is 1.64.